The quantitative estimate of drug-likeness (QED) is 0.756. The SMILES string of the molecule is C=C(Cl)CN(CCO)CC(F)(F)F. The van der Waals surface area contributed by atoms with E-state index in [0.29, 0.717) is 0 Å². The monoisotopic (exact) mass is 217 g/mol. The van der Waals surface area contributed by atoms with E-state index in [2.05, 4.69) is 6.58 Å². The number of halogens is 4. The summed E-state index contributed by atoms with van der Waals surface area (Å²) in [5.41, 5.74) is 0. The topological polar surface area (TPSA) is 23.5 Å². The van der Waals surface area contributed by atoms with Crippen LogP contribution in [-0.2, 0) is 0 Å². The number of hydrogen-bond donors (Lipinski definition) is 1. The second-order valence-corrected chi connectivity index (χ2v) is 3.10. The number of rotatable bonds is 5. The van der Waals surface area contributed by atoms with Crippen molar-refractivity contribution in [3.05, 3.63) is 11.6 Å². The third-order valence-electron chi connectivity index (χ3n) is 1.21. The van der Waals surface area contributed by atoms with E-state index in [9.17, 15) is 13.2 Å². The largest absolute Gasteiger partial charge is 0.401 e. The summed E-state index contributed by atoms with van der Waals surface area (Å²) in [6.07, 6.45) is -4.28. The van der Waals surface area contributed by atoms with Gasteiger partial charge in [-0.2, -0.15) is 13.2 Å². The Morgan fingerprint density at radius 3 is 2.31 bits per heavy atom. The summed E-state index contributed by atoms with van der Waals surface area (Å²) in [6.45, 7) is 1.73. The summed E-state index contributed by atoms with van der Waals surface area (Å²) < 4.78 is 35.7. The highest BCUT2D eigenvalue weighted by atomic mass is 35.5. The van der Waals surface area contributed by atoms with Gasteiger partial charge in [-0.3, -0.25) is 4.90 Å². The van der Waals surface area contributed by atoms with E-state index in [1.165, 1.54) is 0 Å². The fraction of sp³-hybridized carbons (Fsp3) is 0.714. The standard InChI is InChI=1S/C7H11ClF3NO/c1-6(8)4-12(2-3-13)5-7(9,10)11/h13H,1-5H2. The number of alkyl halides is 3. The van der Waals surface area contributed by atoms with Crippen molar-refractivity contribution >= 4 is 11.6 Å². The molecule has 0 aromatic heterocycles. The third-order valence-corrected chi connectivity index (χ3v) is 1.33. The predicted molar refractivity (Wildman–Crippen MR) is 44.6 cm³/mol. The van der Waals surface area contributed by atoms with Gasteiger partial charge in [-0.15, -0.1) is 0 Å². The molecular formula is C7H11ClF3NO. The van der Waals surface area contributed by atoms with Crippen LogP contribution in [0.3, 0.4) is 0 Å². The lowest BCUT2D eigenvalue weighted by Gasteiger charge is -2.21. The first-order chi connectivity index (χ1) is 5.85. The van der Waals surface area contributed by atoms with Crippen molar-refractivity contribution in [2.45, 2.75) is 6.18 Å². The maximum Gasteiger partial charge on any atom is 0.401 e. The molecule has 1 N–H and O–H groups in total. The molecule has 0 heterocycles. The number of aliphatic hydroxyl groups excluding tert-OH is 1. The Balaban J connectivity index is 4.01. The minimum absolute atomic E-state index is 0.0642. The van der Waals surface area contributed by atoms with Gasteiger partial charge in [-0.25, -0.2) is 0 Å². The summed E-state index contributed by atoms with van der Waals surface area (Å²) >= 11 is 5.35. The van der Waals surface area contributed by atoms with E-state index in [4.69, 9.17) is 16.7 Å². The molecule has 0 fully saturated rings. The molecule has 0 aliphatic rings. The zero-order chi connectivity index (χ0) is 10.5. The molecule has 0 aromatic rings. The van der Waals surface area contributed by atoms with Crippen molar-refractivity contribution in [3.63, 3.8) is 0 Å². The fourth-order valence-electron chi connectivity index (χ4n) is 0.852. The molecule has 0 aliphatic heterocycles. The molecule has 0 atom stereocenters. The smallest absolute Gasteiger partial charge is 0.395 e. The zero-order valence-corrected chi connectivity index (χ0v) is 7.70. The normalized spacial score (nSPS) is 12.2. The Labute approximate surface area is 79.6 Å². The summed E-state index contributed by atoms with van der Waals surface area (Å²) in [6, 6.07) is 0. The van der Waals surface area contributed by atoms with E-state index in [1.807, 2.05) is 0 Å². The minimum atomic E-state index is -4.28. The average molecular weight is 218 g/mol. The van der Waals surface area contributed by atoms with E-state index < -0.39 is 12.7 Å². The van der Waals surface area contributed by atoms with Crippen LogP contribution in [0, 0.1) is 0 Å². The lowest BCUT2D eigenvalue weighted by Crippen LogP contribution is -2.36. The first kappa shape index (κ1) is 12.7. The van der Waals surface area contributed by atoms with E-state index in [1.54, 1.807) is 0 Å². The van der Waals surface area contributed by atoms with Crippen LogP contribution in [0.25, 0.3) is 0 Å². The second-order valence-electron chi connectivity index (χ2n) is 2.57. The van der Waals surface area contributed by atoms with Gasteiger partial charge < -0.3 is 5.11 Å². The average Bonchev–Trinajstić information content (AvgIpc) is 1.81. The molecule has 0 spiro atoms. The summed E-state index contributed by atoms with van der Waals surface area (Å²) in [7, 11) is 0. The van der Waals surface area contributed by atoms with Gasteiger partial charge in [0.2, 0.25) is 0 Å². The molecule has 0 bridgehead atoms. The zero-order valence-electron chi connectivity index (χ0n) is 6.94. The van der Waals surface area contributed by atoms with Crippen LogP contribution in [0.2, 0.25) is 0 Å². The Morgan fingerprint density at radius 1 is 1.46 bits per heavy atom. The molecule has 0 rings (SSSR count). The van der Waals surface area contributed by atoms with Crippen molar-refractivity contribution < 1.29 is 18.3 Å². The van der Waals surface area contributed by atoms with Gasteiger partial charge in [0.1, 0.15) is 0 Å². The van der Waals surface area contributed by atoms with Crippen molar-refractivity contribution in [1.29, 1.82) is 0 Å². The van der Waals surface area contributed by atoms with E-state index >= 15 is 0 Å². The van der Waals surface area contributed by atoms with Crippen LogP contribution >= 0.6 is 11.6 Å². The minimum Gasteiger partial charge on any atom is -0.395 e. The van der Waals surface area contributed by atoms with Gasteiger partial charge in [0.25, 0.3) is 0 Å². The predicted octanol–water partition coefficient (Wildman–Crippen LogP) is 1.60. The Bertz CT molecular complexity index is 172. The van der Waals surface area contributed by atoms with Crippen LogP contribution in [0.5, 0.6) is 0 Å². The third kappa shape index (κ3) is 8.08. The molecule has 6 heteroatoms. The van der Waals surface area contributed by atoms with Gasteiger partial charge >= 0.3 is 6.18 Å². The first-order valence-corrected chi connectivity index (χ1v) is 3.96. The fourth-order valence-corrected chi connectivity index (χ4v) is 1.02. The van der Waals surface area contributed by atoms with Crippen molar-refractivity contribution in [3.8, 4) is 0 Å². The van der Waals surface area contributed by atoms with E-state index in [0.717, 1.165) is 4.90 Å². The second kappa shape index (κ2) is 5.47. The first-order valence-electron chi connectivity index (χ1n) is 3.58. The maximum absolute atomic E-state index is 11.9. The highest BCUT2D eigenvalue weighted by Gasteiger charge is 2.30. The molecule has 0 saturated heterocycles. The lowest BCUT2D eigenvalue weighted by molar-refractivity contribution is -0.145. The molecule has 0 amide bonds. The molecule has 0 unspecified atom stereocenters. The summed E-state index contributed by atoms with van der Waals surface area (Å²) in [5.74, 6) is 0. The van der Waals surface area contributed by atoms with Crippen LogP contribution < -0.4 is 0 Å². The summed E-state index contributed by atoms with van der Waals surface area (Å²) in [4.78, 5) is 0.981. The molecule has 0 aliphatic carbocycles. The molecule has 0 radical (unpaired) electrons. The Morgan fingerprint density at radius 2 is 2.00 bits per heavy atom. The molecule has 13 heavy (non-hydrogen) atoms. The van der Waals surface area contributed by atoms with E-state index in [-0.39, 0.29) is 24.7 Å². The lowest BCUT2D eigenvalue weighted by atomic mass is 10.4. The van der Waals surface area contributed by atoms with Crippen LogP contribution in [0.1, 0.15) is 0 Å². The van der Waals surface area contributed by atoms with Gasteiger partial charge in [0, 0.05) is 18.1 Å². The molecule has 0 aromatic carbocycles. The number of nitrogens with zero attached hydrogens (tertiary/aromatic N) is 1. The van der Waals surface area contributed by atoms with Crippen molar-refractivity contribution in [2.24, 2.45) is 0 Å². The molecule has 0 saturated carbocycles. The van der Waals surface area contributed by atoms with Gasteiger partial charge in [-0.05, 0) is 0 Å². The number of aliphatic hydroxyl groups is 1. The van der Waals surface area contributed by atoms with Gasteiger partial charge in [0.05, 0.1) is 13.2 Å². The Hall–Kier alpha value is -0.260. The number of hydrogen-bond acceptors (Lipinski definition) is 2. The highest BCUT2D eigenvalue weighted by molar-refractivity contribution is 6.29. The van der Waals surface area contributed by atoms with Crippen LogP contribution in [0.15, 0.2) is 11.6 Å². The summed E-state index contributed by atoms with van der Waals surface area (Å²) in [5, 5.41) is 8.59. The van der Waals surface area contributed by atoms with Gasteiger partial charge in [-0.1, -0.05) is 18.2 Å². The van der Waals surface area contributed by atoms with Crippen molar-refractivity contribution in [1.82, 2.24) is 4.90 Å². The van der Waals surface area contributed by atoms with Crippen molar-refractivity contribution in [2.75, 3.05) is 26.2 Å². The van der Waals surface area contributed by atoms with Crippen LogP contribution in [-0.4, -0.2) is 42.4 Å². The molecule has 2 nitrogen and oxygen atoms in total. The van der Waals surface area contributed by atoms with Gasteiger partial charge in [0.15, 0.2) is 0 Å². The van der Waals surface area contributed by atoms with Crippen LogP contribution in [0.4, 0.5) is 13.2 Å². The Kier molecular flexibility index (Phi) is 5.36. The molecule has 78 valence electrons. The molecular weight excluding hydrogens is 207 g/mol. The highest BCUT2D eigenvalue weighted by Crippen LogP contribution is 2.17. The maximum atomic E-state index is 11.9.